The second-order valence-electron chi connectivity index (χ2n) is 7.37. The number of nitrogens with zero attached hydrogens (tertiary/aromatic N) is 1. The molecule has 0 spiro atoms. The van der Waals surface area contributed by atoms with Gasteiger partial charge >= 0.3 is 0 Å². The van der Waals surface area contributed by atoms with E-state index in [2.05, 4.69) is 11.4 Å². The zero-order chi connectivity index (χ0) is 20.9. The number of para-hydroxylation sites is 1. The topological polar surface area (TPSA) is 66.5 Å². The number of sulfonamides is 1. The molecule has 0 bridgehead atoms. The molecule has 1 N–H and O–H groups in total. The molecule has 152 valence electrons. The molecule has 28 heavy (non-hydrogen) atoms. The third kappa shape index (κ3) is 5.83. The zero-order valence-electron chi connectivity index (χ0n) is 17.3. The van der Waals surface area contributed by atoms with Crippen LogP contribution in [0.2, 0.25) is 0 Å². The fourth-order valence-corrected chi connectivity index (χ4v) is 4.42. The number of benzene rings is 2. The van der Waals surface area contributed by atoms with Crippen molar-refractivity contribution < 1.29 is 13.2 Å². The van der Waals surface area contributed by atoms with Gasteiger partial charge in [0.2, 0.25) is 15.9 Å². The van der Waals surface area contributed by atoms with Gasteiger partial charge in [0.05, 0.1) is 18.0 Å². The van der Waals surface area contributed by atoms with Gasteiger partial charge in [-0.15, -0.1) is 0 Å². The van der Waals surface area contributed by atoms with E-state index in [0.29, 0.717) is 12.1 Å². The number of amides is 1. The molecule has 6 heteroatoms. The lowest BCUT2D eigenvalue weighted by Gasteiger charge is -2.24. The second-order valence-corrected chi connectivity index (χ2v) is 9.28. The molecule has 5 nitrogen and oxygen atoms in total. The van der Waals surface area contributed by atoms with Crippen LogP contribution in [-0.4, -0.2) is 27.1 Å². The summed E-state index contributed by atoms with van der Waals surface area (Å²) in [7, 11) is -3.41. The number of nitrogens with one attached hydrogen (secondary N) is 1. The van der Waals surface area contributed by atoms with Crippen molar-refractivity contribution >= 4 is 21.6 Å². The van der Waals surface area contributed by atoms with Crippen LogP contribution in [0.4, 0.5) is 5.69 Å². The summed E-state index contributed by atoms with van der Waals surface area (Å²) in [6.45, 7) is 8.20. The average Bonchev–Trinajstić information content (AvgIpc) is 2.58. The Kier molecular flexibility index (Phi) is 7.24. The second kappa shape index (κ2) is 9.24. The van der Waals surface area contributed by atoms with Crippen molar-refractivity contribution in [3.63, 3.8) is 0 Å². The fraction of sp³-hybridized carbons (Fsp3) is 0.409. The lowest BCUT2D eigenvalue weighted by molar-refractivity contribution is -0.121. The molecule has 0 saturated heterocycles. The lowest BCUT2D eigenvalue weighted by atomic mass is 10.00. The molecule has 1 atom stereocenters. The minimum atomic E-state index is -3.41. The first-order valence-electron chi connectivity index (χ1n) is 9.49. The van der Waals surface area contributed by atoms with E-state index < -0.39 is 10.0 Å². The Morgan fingerprint density at radius 3 is 2.36 bits per heavy atom. The number of hydrogen-bond donors (Lipinski definition) is 1. The molecule has 2 rings (SSSR count). The van der Waals surface area contributed by atoms with Crippen LogP contribution in [0.5, 0.6) is 0 Å². The Morgan fingerprint density at radius 2 is 1.75 bits per heavy atom. The molecule has 0 unspecified atom stereocenters. The summed E-state index contributed by atoms with van der Waals surface area (Å²) in [4.78, 5) is 12.4. The van der Waals surface area contributed by atoms with Crippen LogP contribution in [-0.2, 0) is 14.8 Å². The maximum Gasteiger partial charge on any atom is 0.232 e. The van der Waals surface area contributed by atoms with Crippen LogP contribution in [0, 0.1) is 20.8 Å². The first-order valence-corrected chi connectivity index (χ1v) is 11.3. The third-order valence-electron chi connectivity index (χ3n) is 4.82. The van der Waals surface area contributed by atoms with Gasteiger partial charge in [0.25, 0.3) is 0 Å². The summed E-state index contributed by atoms with van der Waals surface area (Å²) in [5, 5.41) is 3.01. The van der Waals surface area contributed by atoms with E-state index in [-0.39, 0.29) is 24.9 Å². The number of carbonyl (C=O) groups is 1. The highest BCUT2D eigenvalue weighted by Crippen LogP contribution is 2.23. The van der Waals surface area contributed by atoms with Gasteiger partial charge < -0.3 is 5.32 Å². The monoisotopic (exact) mass is 402 g/mol. The van der Waals surface area contributed by atoms with E-state index in [0.717, 1.165) is 16.7 Å². The summed E-state index contributed by atoms with van der Waals surface area (Å²) < 4.78 is 25.8. The van der Waals surface area contributed by atoms with Gasteiger partial charge in [-0.25, -0.2) is 8.42 Å². The minimum absolute atomic E-state index is 0.0780. The van der Waals surface area contributed by atoms with Crippen LogP contribution >= 0.6 is 0 Å². The summed E-state index contributed by atoms with van der Waals surface area (Å²) in [5.41, 5.74) is 4.99. The number of rotatable bonds is 8. The molecule has 0 saturated carbocycles. The van der Waals surface area contributed by atoms with Gasteiger partial charge in [0, 0.05) is 13.0 Å². The van der Waals surface area contributed by atoms with Crippen LogP contribution in [0.15, 0.2) is 42.5 Å². The minimum Gasteiger partial charge on any atom is -0.350 e. The van der Waals surface area contributed by atoms with Gasteiger partial charge in [-0.1, -0.05) is 42.0 Å². The SMILES string of the molecule is Cc1ccc([C@H](C)NC(=O)CCCN(c2ccccc2C)S(C)(=O)=O)c(C)c1. The Balaban J connectivity index is 1.97. The van der Waals surface area contributed by atoms with E-state index in [1.165, 1.54) is 16.1 Å². The normalized spacial score (nSPS) is 12.5. The van der Waals surface area contributed by atoms with Crippen molar-refractivity contribution in [1.82, 2.24) is 5.32 Å². The third-order valence-corrected chi connectivity index (χ3v) is 6.00. The van der Waals surface area contributed by atoms with Crippen molar-refractivity contribution in [3.8, 4) is 0 Å². The van der Waals surface area contributed by atoms with Gasteiger partial charge in [0.1, 0.15) is 0 Å². The van der Waals surface area contributed by atoms with Gasteiger partial charge in [-0.2, -0.15) is 0 Å². The standard InChI is InChI=1S/C22H30N2O3S/c1-16-12-13-20(18(3)15-16)19(4)23-22(25)11-8-14-24(28(5,26)27)21-10-7-6-9-17(21)2/h6-7,9-10,12-13,15,19H,8,11,14H2,1-5H3,(H,23,25)/t19-/m0/s1. The molecule has 2 aromatic carbocycles. The highest BCUT2D eigenvalue weighted by Gasteiger charge is 2.19. The Hall–Kier alpha value is -2.34. The maximum absolute atomic E-state index is 12.4. The summed E-state index contributed by atoms with van der Waals surface area (Å²) in [6.07, 6.45) is 1.92. The molecule has 2 aromatic rings. The number of aryl methyl sites for hydroxylation is 3. The largest absolute Gasteiger partial charge is 0.350 e. The molecule has 0 aromatic heterocycles. The smallest absolute Gasteiger partial charge is 0.232 e. The maximum atomic E-state index is 12.4. The van der Waals surface area contributed by atoms with E-state index >= 15 is 0 Å². The van der Waals surface area contributed by atoms with Crippen molar-refractivity contribution in [2.24, 2.45) is 0 Å². The van der Waals surface area contributed by atoms with Crippen molar-refractivity contribution in [3.05, 3.63) is 64.7 Å². The van der Waals surface area contributed by atoms with E-state index in [9.17, 15) is 13.2 Å². The molecule has 0 aliphatic heterocycles. The summed E-state index contributed by atoms with van der Waals surface area (Å²) >= 11 is 0. The Morgan fingerprint density at radius 1 is 1.07 bits per heavy atom. The molecule has 0 fully saturated rings. The van der Waals surface area contributed by atoms with Gasteiger partial charge in [0.15, 0.2) is 0 Å². The van der Waals surface area contributed by atoms with Crippen molar-refractivity contribution in [2.45, 2.75) is 46.6 Å². The number of anilines is 1. The van der Waals surface area contributed by atoms with E-state index in [1.54, 1.807) is 6.07 Å². The van der Waals surface area contributed by atoms with Crippen LogP contribution in [0.1, 0.15) is 48.1 Å². The molecule has 1 amide bonds. The molecular weight excluding hydrogens is 372 g/mol. The molecular formula is C22H30N2O3S. The molecule has 0 aliphatic carbocycles. The molecule has 0 radical (unpaired) electrons. The lowest BCUT2D eigenvalue weighted by Crippen LogP contribution is -2.33. The fourth-order valence-electron chi connectivity index (χ4n) is 3.39. The van der Waals surface area contributed by atoms with Crippen LogP contribution < -0.4 is 9.62 Å². The van der Waals surface area contributed by atoms with Gasteiger partial charge in [-0.3, -0.25) is 9.10 Å². The molecule has 0 heterocycles. The van der Waals surface area contributed by atoms with Crippen molar-refractivity contribution in [1.29, 1.82) is 0 Å². The highest BCUT2D eigenvalue weighted by atomic mass is 32.2. The highest BCUT2D eigenvalue weighted by molar-refractivity contribution is 7.92. The summed E-state index contributed by atoms with van der Waals surface area (Å²) in [6, 6.07) is 13.5. The van der Waals surface area contributed by atoms with Crippen LogP contribution in [0.25, 0.3) is 0 Å². The first-order chi connectivity index (χ1) is 13.1. The predicted octanol–water partition coefficient (Wildman–Crippen LogP) is 4.04. The van der Waals surface area contributed by atoms with E-state index in [4.69, 9.17) is 0 Å². The average molecular weight is 403 g/mol. The first kappa shape index (κ1) is 22.0. The number of carbonyl (C=O) groups excluding carboxylic acids is 1. The molecule has 0 aliphatic rings. The van der Waals surface area contributed by atoms with E-state index in [1.807, 2.05) is 58.0 Å². The van der Waals surface area contributed by atoms with Gasteiger partial charge in [-0.05, 0) is 56.9 Å². The van der Waals surface area contributed by atoms with Crippen LogP contribution in [0.3, 0.4) is 0 Å². The predicted molar refractivity (Wildman–Crippen MR) is 115 cm³/mol. The number of hydrogen-bond acceptors (Lipinski definition) is 3. The Bertz CT molecular complexity index is 939. The quantitative estimate of drug-likeness (QED) is 0.725. The Labute approximate surface area is 168 Å². The zero-order valence-corrected chi connectivity index (χ0v) is 18.1. The summed E-state index contributed by atoms with van der Waals surface area (Å²) in [5.74, 6) is -0.0780. The van der Waals surface area contributed by atoms with Crippen molar-refractivity contribution in [2.75, 3.05) is 17.1 Å².